The maximum absolute atomic E-state index is 10.5. The Morgan fingerprint density at radius 1 is 1.38 bits per heavy atom. The minimum Gasteiger partial charge on any atom is -0.497 e. The molecule has 0 bridgehead atoms. The topological polar surface area (TPSA) is 41.5 Å². The van der Waals surface area contributed by atoms with Gasteiger partial charge < -0.3 is 15.2 Å². The zero-order valence-corrected chi connectivity index (χ0v) is 9.86. The van der Waals surface area contributed by atoms with Crippen molar-refractivity contribution in [3.05, 3.63) is 29.8 Å². The van der Waals surface area contributed by atoms with Gasteiger partial charge in [0.15, 0.2) is 0 Å². The number of benzene rings is 1. The first-order valence-corrected chi connectivity index (χ1v) is 5.75. The van der Waals surface area contributed by atoms with Gasteiger partial charge >= 0.3 is 0 Å². The summed E-state index contributed by atoms with van der Waals surface area (Å²) in [7, 11) is 1.64. The van der Waals surface area contributed by atoms with Crippen molar-refractivity contribution in [3.8, 4) is 5.75 Å². The molecule has 1 fully saturated rings. The minimum atomic E-state index is -0.803. The molecular formula is C13H19NO2. The number of ether oxygens (including phenoxy) is 1. The predicted octanol–water partition coefficient (Wildman–Crippen LogP) is 1.65. The molecule has 1 aromatic rings. The highest BCUT2D eigenvalue weighted by Crippen LogP contribution is 2.30. The van der Waals surface area contributed by atoms with Crippen LogP contribution in [0.3, 0.4) is 0 Å². The van der Waals surface area contributed by atoms with Crippen molar-refractivity contribution in [3.63, 3.8) is 0 Å². The van der Waals surface area contributed by atoms with E-state index >= 15 is 0 Å². The molecule has 0 radical (unpaired) electrons. The third-order valence-electron chi connectivity index (χ3n) is 3.41. The fourth-order valence-corrected chi connectivity index (χ4v) is 2.29. The fraction of sp³-hybridized carbons (Fsp3) is 0.538. The second kappa shape index (κ2) is 4.44. The number of aliphatic hydroxyl groups is 1. The minimum absolute atomic E-state index is 0.154. The van der Waals surface area contributed by atoms with E-state index in [4.69, 9.17) is 4.74 Å². The summed E-state index contributed by atoms with van der Waals surface area (Å²) in [5.74, 6) is 0.818. The first-order valence-electron chi connectivity index (χ1n) is 5.75. The van der Waals surface area contributed by atoms with Gasteiger partial charge in [0.2, 0.25) is 0 Å². The highest BCUT2D eigenvalue weighted by atomic mass is 16.5. The zero-order chi connectivity index (χ0) is 11.6. The molecule has 0 spiro atoms. The largest absolute Gasteiger partial charge is 0.497 e. The van der Waals surface area contributed by atoms with E-state index in [0.717, 1.165) is 30.7 Å². The lowest BCUT2D eigenvalue weighted by Gasteiger charge is -2.30. The molecule has 1 saturated heterocycles. The second-order valence-corrected chi connectivity index (χ2v) is 4.52. The molecular weight excluding hydrogens is 202 g/mol. The molecule has 1 unspecified atom stereocenters. The fourth-order valence-electron chi connectivity index (χ4n) is 2.29. The number of hydrogen-bond donors (Lipinski definition) is 2. The van der Waals surface area contributed by atoms with Crippen molar-refractivity contribution in [1.29, 1.82) is 0 Å². The number of nitrogens with one attached hydrogen (secondary N) is 1. The summed E-state index contributed by atoms with van der Waals surface area (Å²) in [5.41, 5.74) is 0.135. The van der Waals surface area contributed by atoms with Crippen LogP contribution in [-0.2, 0) is 5.60 Å². The monoisotopic (exact) mass is 221 g/mol. The molecule has 0 amide bonds. The van der Waals surface area contributed by atoms with Crippen molar-refractivity contribution in [2.75, 3.05) is 13.7 Å². The van der Waals surface area contributed by atoms with Gasteiger partial charge in [0.25, 0.3) is 0 Å². The summed E-state index contributed by atoms with van der Waals surface area (Å²) in [6.07, 6.45) is 2.16. The van der Waals surface area contributed by atoms with Gasteiger partial charge in [-0.1, -0.05) is 12.1 Å². The summed E-state index contributed by atoms with van der Waals surface area (Å²) in [5, 5.41) is 13.9. The summed E-state index contributed by atoms with van der Waals surface area (Å²) < 4.78 is 5.11. The van der Waals surface area contributed by atoms with Crippen LogP contribution in [0.4, 0.5) is 0 Å². The van der Waals surface area contributed by atoms with Crippen LogP contribution >= 0.6 is 0 Å². The maximum atomic E-state index is 10.5. The van der Waals surface area contributed by atoms with Crippen LogP contribution in [0.25, 0.3) is 0 Å². The molecule has 0 aromatic heterocycles. The maximum Gasteiger partial charge on any atom is 0.118 e. The van der Waals surface area contributed by atoms with Crippen molar-refractivity contribution in [2.24, 2.45) is 0 Å². The van der Waals surface area contributed by atoms with Gasteiger partial charge in [-0.3, -0.25) is 0 Å². The molecule has 1 heterocycles. The van der Waals surface area contributed by atoms with Crippen LogP contribution in [0.5, 0.6) is 5.75 Å². The zero-order valence-electron chi connectivity index (χ0n) is 9.86. The molecule has 2 N–H and O–H groups in total. The lowest BCUT2D eigenvalue weighted by Crippen LogP contribution is -2.42. The summed E-state index contributed by atoms with van der Waals surface area (Å²) >= 11 is 0. The normalized spacial score (nSPS) is 24.1. The highest BCUT2D eigenvalue weighted by molar-refractivity contribution is 5.31. The Morgan fingerprint density at radius 3 is 2.56 bits per heavy atom. The standard InChI is InChI=1S/C13H19NO2/c1-13(15,12-4-3-9-14-12)10-5-7-11(16-2)8-6-10/h5-8,12,14-15H,3-4,9H2,1-2H3/t12?,13-/m1/s1. The van der Waals surface area contributed by atoms with Crippen molar-refractivity contribution >= 4 is 0 Å². The van der Waals surface area contributed by atoms with E-state index < -0.39 is 5.60 Å². The molecule has 3 heteroatoms. The van der Waals surface area contributed by atoms with Crippen LogP contribution in [0, 0.1) is 0 Å². The molecule has 88 valence electrons. The Bertz CT molecular complexity index is 339. The molecule has 0 saturated carbocycles. The number of hydrogen-bond acceptors (Lipinski definition) is 3. The molecule has 2 atom stereocenters. The van der Waals surface area contributed by atoms with Crippen LogP contribution < -0.4 is 10.1 Å². The Hall–Kier alpha value is -1.06. The lowest BCUT2D eigenvalue weighted by molar-refractivity contribution is 0.0218. The predicted molar refractivity (Wildman–Crippen MR) is 63.6 cm³/mol. The van der Waals surface area contributed by atoms with Crippen molar-refractivity contribution in [1.82, 2.24) is 5.32 Å². The lowest BCUT2D eigenvalue weighted by atomic mass is 9.87. The summed E-state index contributed by atoms with van der Waals surface area (Å²) in [6, 6.07) is 7.79. The molecule has 16 heavy (non-hydrogen) atoms. The van der Waals surface area contributed by atoms with E-state index in [2.05, 4.69) is 5.32 Å². The molecule has 1 aromatic carbocycles. The van der Waals surface area contributed by atoms with Gasteiger partial charge in [-0.25, -0.2) is 0 Å². The Kier molecular flexibility index (Phi) is 3.17. The van der Waals surface area contributed by atoms with Crippen LogP contribution in [0.15, 0.2) is 24.3 Å². The SMILES string of the molecule is COc1ccc([C@@](C)(O)C2CCCN2)cc1. The van der Waals surface area contributed by atoms with Gasteiger partial charge in [0.1, 0.15) is 11.4 Å². The van der Waals surface area contributed by atoms with E-state index in [1.807, 2.05) is 31.2 Å². The summed E-state index contributed by atoms with van der Waals surface area (Å²) in [6.45, 7) is 2.87. The average molecular weight is 221 g/mol. The van der Waals surface area contributed by atoms with E-state index in [1.54, 1.807) is 7.11 Å². The third-order valence-corrected chi connectivity index (χ3v) is 3.41. The van der Waals surface area contributed by atoms with E-state index in [-0.39, 0.29) is 6.04 Å². The Labute approximate surface area is 96.4 Å². The first-order chi connectivity index (χ1) is 7.64. The van der Waals surface area contributed by atoms with E-state index in [9.17, 15) is 5.11 Å². The molecule has 2 rings (SSSR count). The Morgan fingerprint density at radius 2 is 2.06 bits per heavy atom. The Balaban J connectivity index is 2.20. The second-order valence-electron chi connectivity index (χ2n) is 4.52. The van der Waals surface area contributed by atoms with E-state index in [0.29, 0.717) is 0 Å². The number of methoxy groups -OCH3 is 1. The molecule has 1 aliphatic heterocycles. The molecule has 3 nitrogen and oxygen atoms in total. The van der Waals surface area contributed by atoms with Gasteiger partial charge in [-0.2, -0.15) is 0 Å². The highest BCUT2D eigenvalue weighted by Gasteiger charge is 2.35. The van der Waals surface area contributed by atoms with Gasteiger partial charge in [-0.15, -0.1) is 0 Å². The molecule has 0 aliphatic carbocycles. The first kappa shape index (κ1) is 11.4. The molecule has 1 aliphatic rings. The van der Waals surface area contributed by atoms with Crippen molar-refractivity contribution in [2.45, 2.75) is 31.4 Å². The summed E-state index contributed by atoms with van der Waals surface area (Å²) in [4.78, 5) is 0. The van der Waals surface area contributed by atoms with Gasteiger partial charge in [0, 0.05) is 6.04 Å². The number of rotatable bonds is 3. The smallest absolute Gasteiger partial charge is 0.118 e. The van der Waals surface area contributed by atoms with Gasteiger partial charge in [0.05, 0.1) is 7.11 Å². The van der Waals surface area contributed by atoms with Crippen molar-refractivity contribution < 1.29 is 9.84 Å². The quantitative estimate of drug-likeness (QED) is 0.815. The van der Waals surface area contributed by atoms with Crippen LogP contribution in [0.2, 0.25) is 0 Å². The average Bonchev–Trinajstić information content (AvgIpc) is 2.83. The van der Waals surface area contributed by atoms with Crippen LogP contribution in [0.1, 0.15) is 25.3 Å². The van der Waals surface area contributed by atoms with Crippen LogP contribution in [-0.4, -0.2) is 24.8 Å². The van der Waals surface area contributed by atoms with Gasteiger partial charge in [-0.05, 0) is 44.0 Å². The third kappa shape index (κ3) is 2.06. The van der Waals surface area contributed by atoms with E-state index in [1.165, 1.54) is 0 Å².